The molecule has 3 aliphatic heterocycles. The number of benzene rings is 1. The number of halogens is 1. The van der Waals surface area contributed by atoms with Gasteiger partial charge in [-0.25, -0.2) is 9.18 Å². The van der Waals surface area contributed by atoms with Crippen molar-refractivity contribution in [3.63, 3.8) is 0 Å². The highest BCUT2D eigenvalue weighted by atomic mass is 19.1. The molecule has 0 aromatic heterocycles. The minimum absolute atomic E-state index is 0.0617. The van der Waals surface area contributed by atoms with Gasteiger partial charge in [-0.15, -0.1) is 0 Å². The van der Waals surface area contributed by atoms with Crippen LogP contribution in [0.25, 0.3) is 6.08 Å². The molecule has 6 atom stereocenters. The number of esters is 1. The molecule has 9 nitrogen and oxygen atoms in total. The number of rotatable bonds is 4. The van der Waals surface area contributed by atoms with E-state index in [1.54, 1.807) is 4.90 Å². The van der Waals surface area contributed by atoms with Crippen LogP contribution in [-0.4, -0.2) is 104 Å². The molecule has 10 heteroatoms. The molecule has 43 heavy (non-hydrogen) atoms. The van der Waals surface area contributed by atoms with Gasteiger partial charge in [0.1, 0.15) is 18.0 Å². The molecule has 238 valence electrons. The number of ether oxygens (including phenoxy) is 3. The molecule has 1 aromatic rings. The Hall–Kier alpha value is -2.95. The lowest BCUT2D eigenvalue weighted by Crippen LogP contribution is -2.48. The lowest BCUT2D eigenvalue weighted by Gasteiger charge is -2.35. The van der Waals surface area contributed by atoms with E-state index in [1.807, 2.05) is 59.0 Å². The number of cyclic esters (lactones) is 1. The number of hydrogen-bond donors (Lipinski definition) is 1. The fourth-order valence-corrected chi connectivity index (χ4v) is 5.93. The third-order valence-electron chi connectivity index (χ3n) is 8.70. The average Bonchev–Trinajstić information content (AvgIpc) is 2.96. The molecule has 0 radical (unpaired) electrons. The first-order valence-corrected chi connectivity index (χ1v) is 15.5. The third-order valence-corrected chi connectivity index (χ3v) is 8.70. The summed E-state index contributed by atoms with van der Waals surface area (Å²) < 4.78 is 32.2. The van der Waals surface area contributed by atoms with Crippen molar-refractivity contribution in [3.05, 3.63) is 47.3 Å². The second-order valence-corrected chi connectivity index (χ2v) is 12.5. The van der Waals surface area contributed by atoms with Crippen LogP contribution in [0.5, 0.6) is 0 Å². The van der Waals surface area contributed by atoms with E-state index in [2.05, 4.69) is 9.80 Å². The van der Waals surface area contributed by atoms with Crippen LogP contribution >= 0.6 is 0 Å². The molecule has 1 amide bonds. The highest BCUT2D eigenvalue weighted by molar-refractivity contribution is 5.71. The Morgan fingerprint density at radius 3 is 2.53 bits per heavy atom. The number of carbonyl (C=O) groups is 2. The number of piperazine rings is 1. The molecular weight excluding hydrogens is 553 g/mol. The van der Waals surface area contributed by atoms with Gasteiger partial charge >= 0.3 is 12.1 Å². The Bertz CT molecular complexity index is 1170. The van der Waals surface area contributed by atoms with E-state index in [0.29, 0.717) is 51.3 Å². The van der Waals surface area contributed by atoms with E-state index >= 15 is 0 Å². The molecule has 3 aliphatic rings. The molecule has 1 N–H and O–H groups in total. The minimum Gasteiger partial charge on any atom is -0.457 e. The van der Waals surface area contributed by atoms with Gasteiger partial charge in [0.2, 0.25) is 0 Å². The van der Waals surface area contributed by atoms with E-state index in [0.717, 1.165) is 24.4 Å². The smallest absolute Gasteiger partial charge is 0.410 e. The normalized spacial score (nSPS) is 31.0. The zero-order valence-corrected chi connectivity index (χ0v) is 26.2. The quantitative estimate of drug-likeness (QED) is 0.399. The SMILES string of the molecule is C/C(=C\c1cc(F)cc(N2CCOC[C@@H]2C)c1)[C@H]1OC(=O)C[C@H](O)CC[C@H](C)[C@@H](OC(=O)N2CCN(C)CC2)/C=C/[C@@H]1C. The van der Waals surface area contributed by atoms with Gasteiger partial charge < -0.3 is 34.0 Å². The monoisotopic (exact) mass is 601 g/mol. The van der Waals surface area contributed by atoms with E-state index < -0.39 is 24.3 Å². The zero-order chi connectivity index (χ0) is 31.1. The van der Waals surface area contributed by atoms with Crippen molar-refractivity contribution in [3.8, 4) is 0 Å². The lowest BCUT2D eigenvalue weighted by molar-refractivity contribution is -0.151. The Kier molecular flexibility index (Phi) is 11.6. The van der Waals surface area contributed by atoms with Gasteiger partial charge in [0.25, 0.3) is 0 Å². The molecule has 2 saturated heterocycles. The predicted molar refractivity (Wildman–Crippen MR) is 164 cm³/mol. The van der Waals surface area contributed by atoms with Crippen molar-refractivity contribution in [1.82, 2.24) is 9.80 Å². The Morgan fingerprint density at radius 2 is 1.81 bits per heavy atom. The van der Waals surface area contributed by atoms with Gasteiger partial charge in [-0.1, -0.05) is 26.0 Å². The molecule has 1 aromatic carbocycles. The Balaban J connectivity index is 1.57. The molecule has 0 spiro atoms. The molecular formula is C33H48FN3O6. The van der Waals surface area contributed by atoms with E-state index in [9.17, 15) is 19.1 Å². The average molecular weight is 602 g/mol. The maximum Gasteiger partial charge on any atom is 0.410 e. The van der Waals surface area contributed by atoms with Gasteiger partial charge in [-0.05, 0) is 75.1 Å². The summed E-state index contributed by atoms with van der Waals surface area (Å²) in [6.07, 6.45) is 4.13. The van der Waals surface area contributed by atoms with Gasteiger partial charge in [0.15, 0.2) is 0 Å². The first-order chi connectivity index (χ1) is 20.5. The van der Waals surface area contributed by atoms with E-state index in [1.165, 1.54) is 12.1 Å². The third kappa shape index (κ3) is 9.27. The number of anilines is 1. The molecule has 0 bridgehead atoms. The first kappa shape index (κ1) is 33.0. The van der Waals surface area contributed by atoms with Crippen LogP contribution in [0.3, 0.4) is 0 Å². The van der Waals surface area contributed by atoms with Crippen molar-refractivity contribution >= 4 is 23.8 Å². The summed E-state index contributed by atoms with van der Waals surface area (Å²) in [7, 11) is 2.03. The molecule has 4 rings (SSSR count). The van der Waals surface area contributed by atoms with Crippen LogP contribution in [0, 0.1) is 17.7 Å². The van der Waals surface area contributed by atoms with Crippen LogP contribution in [-0.2, 0) is 19.0 Å². The maximum atomic E-state index is 14.8. The largest absolute Gasteiger partial charge is 0.457 e. The lowest BCUT2D eigenvalue weighted by atomic mass is 9.91. The zero-order valence-electron chi connectivity index (χ0n) is 26.2. The standard InChI is InChI=1S/C33H48FN3O6/c1-22-6-8-29(38)20-31(39)43-32(23(2)7-9-30(22)42-33(40)36-12-10-35(5)11-13-36)24(3)16-26-17-27(34)19-28(18-26)37-14-15-41-21-25(37)4/h7,9,16-19,22-23,25,29-30,32,38H,6,8,10-15,20-21H2,1-5H3/b9-7+,24-16+/t22-,23-,25-,29+,30-,32-/m0/s1. The Labute approximate surface area is 255 Å². The number of morpholine rings is 1. The number of carbonyl (C=O) groups excluding carboxylic acids is 2. The van der Waals surface area contributed by atoms with Crippen LogP contribution in [0.4, 0.5) is 14.9 Å². The summed E-state index contributed by atoms with van der Waals surface area (Å²) in [6.45, 7) is 12.5. The molecule has 0 unspecified atom stereocenters. The molecule has 0 aliphatic carbocycles. The van der Waals surface area contributed by atoms with E-state index in [4.69, 9.17) is 14.2 Å². The fraction of sp³-hybridized carbons (Fsp3) is 0.636. The highest BCUT2D eigenvalue weighted by Gasteiger charge is 2.29. The van der Waals surface area contributed by atoms with Crippen LogP contribution in [0.1, 0.15) is 52.5 Å². The number of likely N-dealkylation sites (N-methyl/N-ethyl adjacent to an activating group) is 1. The van der Waals surface area contributed by atoms with Gasteiger partial charge in [-0.2, -0.15) is 0 Å². The summed E-state index contributed by atoms with van der Waals surface area (Å²) in [4.78, 5) is 31.9. The number of hydrogen-bond acceptors (Lipinski definition) is 8. The van der Waals surface area contributed by atoms with Crippen molar-refractivity contribution in [2.45, 2.75) is 71.3 Å². The van der Waals surface area contributed by atoms with Crippen LogP contribution < -0.4 is 4.90 Å². The van der Waals surface area contributed by atoms with Crippen molar-refractivity contribution in [1.29, 1.82) is 0 Å². The summed E-state index contributed by atoms with van der Waals surface area (Å²) in [5.41, 5.74) is 2.18. The summed E-state index contributed by atoms with van der Waals surface area (Å²) >= 11 is 0. The topological polar surface area (TPSA) is 91.8 Å². The number of amides is 1. The summed E-state index contributed by atoms with van der Waals surface area (Å²) in [6, 6.07) is 5.06. The predicted octanol–water partition coefficient (Wildman–Crippen LogP) is 4.49. The molecule has 3 heterocycles. The van der Waals surface area contributed by atoms with Crippen molar-refractivity contribution in [2.24, 2.45) is 11.8 Å². The van der Waals surface area contributed by atoms with Gasteiger partial charge in [0.05, 0.1) is 25.7 Å². The number of aliphatic hydroxyl groups is 1. The fourth-order valence-electron chi connectivity index (χ4n) is 5.93. The van der Waals surface area contributed by atoms with Crippen LogP contribution in [0.15, 0.2) is 35.9 Å². The molecule has 0 saturated carbocycles. The van der Waals surface area contributed by atoms with Crippen LogP contribution in [0.2, 0.25) is 0 Å². The van der Waals surface area contributed by atoms with Crippen molar-refractivity contribution < 1.29 is 33.3 Å². The maximum absolute atomic E-state index is 14.8. The highest BCUT2D eigenvalue weighted by Crippen LogP contribution is 2.28. The second kappa shape index (κ2) is 15.2. The summed E-state index contributed by atoms with van der Waals surface area (Å²) in [5.74, 6) is -1.17. The van der Waals surface area contributed by atoms with E-state index in [-0.39, 0.29) is 36.2 Å². The number of nitrogens with zero attached hydrogens (tertiary/aromatic N) is 3. The van der Waals surface area contributed by atoms with Gasteiger partial charge in [0, 0.05) is 50.4 Å². The first-order valence-electron chi connectivity index (χ1n) is 15.5. The second-order valence-electron chi connectivity index (χ2n) is 12.5. The minimum atomic E-state index is -0.867. The van der Waals surface area contributed by atoms with Crippen molar-refractivity contribution in [2.75, 3.05) is 57.9 Å². The summed E-state index contributed by atoms with van der Waals surface area (Å²) in [5, 5.41) is 10.6. The van der Waals surface area contributed by atoms with Gasteiger partial charge in [-0.3, -0.25) is 4.79 Å². The molecule has 2 fully saturated rings. The Morgan fingerprint density at radius 1 is 1.07 bits per heavy atom. The number of aliphatic hydroxyl groups excluding tert-OH is 1.